The predicted molar refractivity (Wildman–Crippen MR) is 106 cm³/mol. The molecule has 2 aromatic carbocycles. The second-order valence-corrected chi connectivity index (χ2v) is 7.04. The van der Waals surface area contributed by atoms with E-state index >= 15 is 0 Å². The summed E-state index contributed by atoms with van der Waals surface area (Å²) in [6, 6.07) is 18.4. The zero-order chi connectivity index (χ0) is 17.9. The normalized spacial score (nSPS) is 14.1. The summed E-state index contributed by atoms with van der Waals surface area (Å²) in [5.74, 6) is 1.60. The Labute approximate surface area is 158 Å². The van der Waals surface area contributed by atoms with Crippen molar-refractivity contribution < 1.29 is 0 Å². The molecule has 1 aromatic heterocycles. The van der Waals surface area contributed by atoms with Crippen molar-refractivity contribution in [2.24, 2.45) is 0 Å². The van der Waals surface area contributed by atoms with E-state index in [1.54, 1.807) is 0 Å². The summed E-state index contributed by atoms with van der Waals surface area (Å²) in [4.78, 5) is 11.5. The molecule has 0 radical (unpaired) electrons. The number of hydrogen-bond donors (Lipinski definition) is 1. The zero-order valence-corrected chi connectivity index (χ0v) is 15.5. The number of benzene rings is 2. The van der Waals surface area contributed by atoms with Crippen LogP contribution in [-0.4, -0.2) is 28.1 Å². The second kappa shape index (κ2) is 7.44. The molecule has 2 heterocycles. The first-order valence-electron chi connectivity index (χ1n) is 8.82. The van der Waals surface area contributed by atoms with E-state index in [9.17, 15) is 0 Å². The van der Waals surface area contributed by atoms with E-state index < -0.39 is 0 Å². The standard InChI is InChI=1S/C21H21ClN4/c1-15-24-20(17-6-8-19(22)9-7-17)12-21(25-15)23-14-26-11-10-16-4-2-3-5-18(16)13-26/h2-9,12H,10-11,13-14H2,1H3,(H,23,24,25). The molecule has 5 heteroatoms. The molecule has 0 aliphatic carbocycles. The molecule has 0 saturated carbocycles. The third-order valence-electron chi connectivity index (χ3n) is 4.67. The van der Waals surface area contributed by atoms with E-state index in [1.165, 1.54) is 11.1 Å². The number of halogens is 1. The third kappa shape index (κ3) is 3.87. The van der Waals surface area contributed by atoms with Gasteiger partial charge in [-0.15, -0.1) is 0 Å². The van der Waals surface area contributed by atoms with Crippen LogP contribution in [0.25, 0.3) is 11.3 Å². The van der Waals surface area contributed by atoms with Crippen molar-refractivity contribution in [3.8, 4) is 11.3 Å². The van der Waals surface area contributed by atoms with Crippen molar-refractivity contribution in [2.75, 3.05) is 18.5 Å². The van der Waals surface area contributed by atoms with Crippen molar-refractivity contribution in [1.29, 1.82) is 0 Å². The Morgan fingerprint density at radius 2 is 1.81 bits per heavy atom. The zero-order valence-electron chi connectivity index (χ0n) is 14.7. The van der Waals surface area contributed by atoms with Gasteiger partial charge in [0.05, 0.1) is 12.4 Å². The van der Waals surface area contributed by atoms with Crippen LogP contribution in [0.15, 0.2) is 54.6 Å². The summed E-state index contributed by atoms with van der Waals surface area (Å²) in [5.41, 5.74) is 4.82. The minimum Gasteiger partial charge on any atom is -0.357 e. The van der Waals surface area contributed by atoms with Crippen molar-refractivity contribution in [3.05, 3.63) is 76.6 Å². The molecule has 1 aliphatic heterocycles. The molecule has 26 heavy (non-hydrogen) atoms. The first kappa shape index (κ1) is 17.0. The molecule has 4 rings (SSSR count). The van der Waals surface area contributed by atoms with Crippen molar-refractivity contribution in [1.82, 2.24) is 14.9 Å². The van der Waals surface area contributed by atoms with Crippen LogP contribution in [0.3, 0.4) is 0 Å². The number of fused-ring (bicyclic) bond motifs is 1. The van der Waals surface area contributed by atoms with Crippen LogP contribution in [0.4, 0.5) is 5.82 Å². The number of aromatic nitrogens is 2. The second-order valence-electron chi connectivity index (χ2n) is 6.60. The molecule has 0 spiro atoms. The Hall–Kier alpha value is -2.43. The van der Waals surface area contributed by atoms with Gasteiger partial charge in [0.25, 0.3) is 0 Å². The minimum atomic E-state index is 0.725. The molecule has 1 aliphatic rings. The quantitative estimate of drug-likeness (QED) is 0.738. The number of anilines is 1. The van der Waals surface area contributed by atoms with Crippen molar-refractivity contribution >= 4 is 17.4 Å². The average Bonchev–Trinajstić information content (AvgIpc) is 2.66. The highest BCUT2D eigenvalue weighted by Crippen LogP contribution is 2.22. The molecule has 0 unspecified atom stereocenters. The number of nitrogens with one attached hydrogen (secondary N) is 1. The molecule has 0 bridgehead atoms. The maximum Gasteiger partial charge on any atom is 0.131 e. The summed E-state index contributed by atoms with van der Waals surface area (Å²) in [7, 11) is 0. The first-order valence-corrected chi connectivity index (χ1v) is 9.20. The fourth-order valence-electron chi connectivity index (χ4n) is 3.31. The average molecular weight is 365 g/mol. The molecule has 0 fully saturated rings. The van der Waals surface area contributed by atoms with Gasteiger partial charge < -0.3 is 5.32 Å². The van der Waals surface area contributed by atoms with Crippen LogP contribution in [0.1, 0.15) is 17.0 Å². The van der Waals surface area contributed by atoms with Gasteiger partial charge in [0.2, 0.25) is 0 Å². The number of aryl methyl sites for hydroxylation is 1. The van der Waals surface area contributed by atoms with Crippen molar-refractivity contribution in [3.63, 3.8) is 0 Å². The van der Waals surface area contributed by atoms with Crippen LogP contribution in [0, 0.1) is 6.92 Å². The smallest absolute Gasteiger partial charge is 0.131 e. The molecular formula is C21H21ClN4. The largest absolute Gasteiger partial charge is 0.357 e. The first-order chi connectivity index (χ1) is 12.7. The molecule has 0 amide bonds. The van der Waals surface area contributed by atoms with Gasteiger partial charge in [0.15, 0.2) is 0 Å². The van der Waals surface area contributed by atoms with E-state index in [-0.39, 0.29) is 0 Å². The lowest BCUT2D eigenvalue weighted by atomic mass is 10.0. The van der Waals surface area contributed by atoms with E-state index in [0.717, 1.165) is 54.1 Å². The fraction of sp³-hybridized carbons (Fsp3) is 0.238. The maximum atomic E-state index is 5.98. The van der Waals surface area contributed by atoms with Crippen LogP contribution in [0.2, 0.25) is 5.02 Å². The molecule has 0 atom stereocenters. The molecule has 0 saturated heterocycles. The van der Waals surface area contributed by atoms with Gasteiger partial charge in [-0.2, -0.15) is 0 Å². The Morgan fingerprint density at radius 3 is 2.62 bits per heavy atom. The summed E-state index contributed by atoms with van der Waals surface area (Å²) in [5, 5.41) is 4.18. The summed E-state index contributed by atoms with van der Waals surface area (Å²) >= 11 is 5.98. The van der Waals surface area contributed by atoms with E-state index in [0.29, 0.717) is 0 Å². The fourth-order valence-corrected chi connectivity index (χ4v) is 3.43. The summed E-state index contributed by atoms with van der Waals surface area (Å²) in [6.07, 6.45) is 1.09. The highest BCUT2D eigenvalue weighted by molar-refractivity contribution is 6.30. The molecule has 4 nitrogen and oxygen atoms in total. The lowest BCUT2D eigenvalue weighted by Gasteiger charge is -2.28. The summed E-state index contributed by atoms with van der Waals surface area (Å²) < 4.78 is 0. The van der Waals surface area contributed by atoms with Crippen LogP contribution in [0.5, 0.6) is 0 Å². The Morgan fingerprint density at radius 1 is 1.04 bits per heavy atom. The molecule has 3 aromatic rings. The molecule has 132 valence electrons. The maximum absolute atomic E-state index is 5.98. The van der Waals surface area contributed by atoms with Gasteiger partial charge in [-0.1, -0.05) is 48.0 Å². The highest BCUT2D eigenvalue weighted by atomic mass is 35.5. The topological polar surface area (TPSA) is 41.1 Å². The SMILES string of the molecule is Cc1nc(NCN2CCc3ccccc3C2)cc(-c2ccc(Cl)cc2)n1. The number of nitrogens with zero attached hydrogens (tertiary/aromatic N) is 3. The van der Waals surface area contributed by atoms with Crippen LogP contribution in [-0.2, 0) is 13.0 Å². The Bertz CT molecular complexity index is 908. The van der Waals surface area contributed by atoms with Gasteiger partial charge in [0.1, 0.15) is 11.6 Å². The van der Waals surface area contributed by atoms with Gasteiger partial charge in [-0.05, 0) is 36.6 Å². The third-order valence-corrected chi connectivity index (χ3v) is 4.92. The lowest BCUT2D eigenvalue weighted by Crippen LogP contribution is -2.34. The Kier molecular flexibility index (Phi) is 4.87. The Balaban J connectivity index is 1.46. The van der Waals surface area contributed by atoms with E-state index in [1.807, 2.05) is 37.3 Å². The predicted octanol–water partition coefficient (Wildman–Crippen LogP) is 4.53. The number of hydrogen-bond acceptors (Lipinski definition) is 4. The monoisotopic (exact) mass is 364 g/mol. The summed E-state index contributed by atoms with van der Waals surface area (Å²) in [6.45, 7) is 4.71. The van der Waals surface area contributed by atoms with Gasteiger partial charge in [0, 0.05) is 29.7 Å². The van der Waals surface area contributed by atoms with Crippen molar-refractivity contribution in [2.45, 2.75) is 19.9 Å². The molecule has 1 N–H and O–H groups in total. The minimum absolute atomic E-state index is 0.725. The van der Waals surface area contributed by atoms with Gasteiger partial charge in [-0.3, -0.25) is 4.90 Å². The highest BCUT2D eigenvalue weighted by Gasteiger charge is 2.15. The molecular weight excluding hydrogens is 344 g/mol. The lowest BCUT2D eigenvalue weighted by molar-refractivity contribution is 0.272. The van der Waals surface area contributed by atoms with Gasteiger partial charge in [-0.25, -0.2) is 9.97 Å². The van der Waals surface area contributed by atoms with E-state index in [2.05, 4.69) is 44.5 Å². The van der Waals surface area contributed by atoms with Gasteiger partial charge >= 0.3 is 0 Å². The van der Waals surface area contributed by atoms with Crippen LogP contribution >= 0.6 is 11.6 Å². The number of rotatable bonds is 4. The van der Waals surface area contributed by atoms with E-state index in [4.69, 9.17) is 11.6 Å². The van der Waals surface area contributed by atoms with Crippen LogP contribution < -0.4 is 5.32 Å².